The van der Waals surface area contributed by atoms with E-state index < -0.39 is 0 Å². The van der Waals surface area contributed by atoms with Gasteiger partial charge in [0.05, 0.1) is 17.1 Å². The van der Waals surface area contributed by atoms with Crippen LogP contribution in [-0.4, -0.2) is 51.8 Å². The SMILES string of the molecule is Cc1nn(C(C)C)c(C)c1NC(=O)N1CCN(Cc2ccc(F)cc2)CC1. The monoisotopic (exact) mass is 373 g/mol. The van der Waals surface area contributed by atoms with Gasteiger partial charge in [-0.15, -0.1) is 0 Å². The highest BCUT2D eigenvalue weighted by molar-refractivity contribution is 5.90. The molecule has 2 heterocycles. The van der Waals surface area contributed by atoms with Gasteiger partial charge in [0.25, 0.3) is 0 Å². The lowest BCUT2D eigenvalue weighted by molar-refractivity contribution is 0.143. The number of aryl methyl sites for hydroxylation is 1. The number of rotatable bonds is 4. The number of carbonyl (C=O) groups excluding carboxylic acids is 1. The molecule has 2 aromatic rings. The summed E-state index contributed by atoms with van der Waals surface area (Å²) in [7, 11) is 0. The number of nitrogens with one attached hydrogen (secondary N) is 1. The zero-order chi connectivity index (χ0) is 19.6. The number of carbonyl (C=O) groups is 1. The Hall–Kier alpha value is -2.41. The van der Waals surface area contributed by atoms with Gasteiger partial charge in [-0.3, -0.25) is 9.58 Å². The number of aromatic nitrogens is 2. The Labute approximate surface area is 160 Å². The second-order valence-corrected chi connectivity index (χ2v) is 7.40. The second kappa shape index (κ2) is 8.08. The molecule has 1 fully saturated rings. The second-order valence-electron chi connectivity index (χ2n) is 7.40. The lowest BCUT2D eigenvalue weighted by atomic mass is 10.2. The van der Waals surface area contributed by atoms with Crippen molar-refractivity contribution in [2.75, 3.05) is 31.5 Å². The third-order valence-corrected chi connectivity index (χ3v) is 5.03. The summed E-state index contributed by atoms with van der Waals surface area (Å²) in [5, 5.41) is 7.56. The van der Waals surface area contributed by atoms with E-state index in [0.717, 1.165) is 42.3 Å². The van der Waals surface area contributed by atoms with Crippen molar-refractivity contribution >= 4 is 11.7 Å². The summed E-state index contributed by atoms with van der Waals surface area (Å²) < 4.78 is 15.0. The minimum Gasteiger partial charge on any atom is -0.322 e. The molecule has 0 bridgehead atoms. The maximum Gasteiger partial charge on any atom is 0.322 e. The Balaban J connectivity index is 1.55. The summed E-state index contributed by atoms with van der Waals surface area (Å²) in [6, 6.07) is 6.77. The molecule has 0 aliphatic carbocycles. The Kier molecular flexibility index (Phi) is 5.79. The predicted octanol–water partition coefficient (Wildman–Crippen LogP) is 3.57. The van der Waals surface area contributed by atoms with E-state index in [9.17, 15) is 9.18 Å². The lowest BCUT2D eigenvalue weighted by Crippen LogP contribution is -2.49. The van der Waals surface area contributed by atoms with Crippen LogP contribution in [0.1, 0.15) is 36.8 Å². The van der Waals surface area contributed by atoms with Gasteiger partial charge >= 0.3 is 6.03 Å². The van der Waals surface area contributed by atoms with Gasteiger partial charge in [-0.2, -0.15) is 5.10 Å². The highest BCUT2D eigenvalue weighted by Crippen LogP contribution is 2.23. The summed E-state index contributed by atoms with van der Waals surface area (Å²) in [5.41, 5.74) is 3.71. The first-order chi connectivity index (χ1) is 12.8. The summed E-state index contributed by atoms with van der Waals surface area (Å²) in [4.78, 5) is 16.8. The minimum atomic E-state index is -0.216. The summed E-state index contributed by atoms with van der Waals surface area (Å²) in [6.07, 6.45) is 0. The molecule has 1 N–H and O–H groups in total. The molecule has 146 valence electrons. The molecular weight excluding hydrogens is 345 g/mol. The number of hydrogen-bond donors (Lipinski definition) is 1. The number of urea groups is 1. The molecule has 0 radical (unpaired) electrons. The van der Waals surface area contributed by atoms with Crippen LogP contribution in [0, 0.1) is 19.7 Å². The van der Waals surface area contributed by atoms with Crippen LogP contribution in [0.2, 0.25) is 0 Å². The molecule has 2 amide bonds. The number of nitrogens with zero attached hydrogens (tertiary/aromatic N) is 4. The van der Waals surface area contributed by atoms with Crippen LogP contribution >= 0.6 is 0 Å². The number of piperazine rings is 1. The average Bonchev–Trinajstić information content (AvgIpc) is 2.92. The molecule has 1 aromatic heterocycles. The van der Waals surface area contributed by atoms with Crippen molar-refractivity contribution in [3.8, 4) is 0 Å². The van der Waals surface area contributed by atoms with E-state index in [1.165, 1.54) is 12.1 Å². The summed E-state index contributed by atoms with van der Waals surface area (Å²) in [6.45, 7) is 11.8. The van der Waals surface area contributed by atoms with Crippen molar-refractivity contribution in [2.45, 2.75) is 40.3 Å². The Morgan fingerprint density at radius 1 is 1.15 bits per heavy atom. The highest BCUT2D eigenvalue weighted by Gasteiger charge is 2.23. The minimum absolute atomic E-state index is 0.0778. The topological polar surface area (TPSA) is 53.4 Å². The van der Waals surface area contributed by atoms with Gasteiger partial charge in [-0.25, -0.2) is 9.18 Å². The molecule has 27 heavy (non-hydrogen) atoms. The van der Waals surface area contributed by atoms with Gasteiger partial charge in [-0.1, -0.05) is 12.1 Å². The van der Waals surface area contributed by atoms with Crippen molar-refractivity contribution in [3.05, 3.63) is 47.0 Å². The number of benzene rings is 1. The van der Waals surface area contributed by atoms with Crippen molar-refractivity contribution in [3.63, 3.8) is 0 Å². The smallest absolute Gasteiger partial charge is 0.322 e. The molecule has 6 nitrogen and oxygen atoms in total. The van der Waals surface area contributed by atoms with Crippen LogP contribution in [0.15, 0.2) is 24.3 Å². The molecule has 0 spiro atoms. The molecule has 7 heteroatoms. The normalized spacial score (nSPS) is 15.4. The summed E-state index contributed by atoms with van der Waals surface area (Å²) >= 11 is 0. The average molecular weight is 373 g/mol. The quantitative estimate of drug-likeness (QED) is 0.891. The van der Waals surface area contributed by atoms with E-state index in [-0.39, 0.29) is 17.9 Å². The molecule has 1 aliphatic heterocycles. The van der Waals surface area contributed by atoms with Crippen molar-refractivity contribution in [2.24, 2.45) is 0 Å². The first-order valence-electron chi connectivity index (χ1n) is 9.43. The highest BCUT2D eigenvalue weighted by atomic mass is 19.1. The van der Waals surface area contributed by atoms with E-state index in [1.807, 2.05) is 35.6 Å². The molecular formula is C20H28FN5O. The van der Waals surface area contributed by atoms with Crippen molar-refractivity contribution in [1.82, 2.24) is 19.6 Å². The molecule has 0 saturated carbocycles. The van der Waals surface area contributed by atoms with E-state index in [2.05, 4.69) is 29.2 Å². The maximum absolute atomic E-state index is 13.0. The number of hydrogen-bond acceptors (Lipinski definition) is 3. The fourth-order valence-electron chi connectivity index (χ4n) is 3.49. The Bertz CT molecular complexity index is 791. The van der Waals surface area contributed by atoms with E-state index in [4.69, 9.17) is 0 Å². The molecule has 0 unspecified atom stereocenters. The van der Waals surface area contributed by atoms with Gasteiger partial charge in [0.2, 0.25) is 0 Å². The predicted molar refractivity (Wildman–Crippen MR) is 104 cm³/mol. The van der Waals surface area contributed by atoms with Crippen LogP contribution in [0.4, 0.5) is 14.9 Å². The largest absolute Gasteiger partial charge is 0.322 e. The Morgan fingerprint density at radius 3 is 2.33 bits per heavy atom. The molecule has 1 aliphatic rings. The van der Waals surface area contributed by atoms with Crippen LogP contribution in [0.3, 0.4) is 0 Å². The van der Waals surface area contributed by atoms with Crippen LogP contribution in [0.5, 0.6) is 0 Å². The number of amides is 2. The van der Waals surface area contributed by atoms with Gasteiger partial charge in [0.1, 0.15) is 5.82 Å². The van der Waals surface area contributed by atoms with Crippen LogP contribution < -0.4 is 5.32 Å². The zero-order valence-corrected chi connectivity index (χ0v) is 16.5. The third-order valence-electron chi connectivity index (χ3n) is 5.03. The van der Waals surface area contributed by atoms with Gasteiger partial charge in [-0.05, 0) is 45.4 Å². The fourth-order valence-corrected chi connectivity index (χ4v) is 3.49. The van der Waals surface area contributed by atoms with E-state index >= 15 is 0 Å². The van der Waals surface area contributed by atoms with Gasteiger partial charge in [0.15, 0.2) is 0 Å². The standard InChI is InChI=1S/C20H28FN5O/c1-14(2)26-16(4)19(15(3)23-26)22-20(27)25-11-9-24(10-12-25)13-17-5-7-18(21)8-6-17/h5-8,14H,9-13H2,1-4H3,(H,22,27). The Morgan fingerprint density at radius 2 is 1.78 bits per heavy atom. The lowest BCUT2D eigenvalue weighted by Gasteiger charge is -2.34. The van der Waals surface area contributed by atoms with Crippen LogP contribution in [0.25, 0.3) is 0 Å². The summed E-state index contributed by atoms with van der Waals surface area (Å²) in [5.74, 6) is -0.216. The van der Waals surface area contributed by atoms with Crippen molar-refractivity contribution < 1.29 is 9.18 Å². The maximum atomic E-state index is 13.0. The zero-order valence-electron chi connectivity index (χ0n) is 16.5. The van der Waals surface area contributed by atoms with Gasteiger partial charge < -0.3 is 10.2 Å². The van der Waals surface area contributed by atoms with Crippen molar-refractivity contribution in [1.29, 1.82) is 0 Å². The first kappa shape index (κ1) is 19.4. The molecule has 1 aromatic carbocycles. The molecule has 1 saturated heterocycles. The van der Waals surface area contributed by atoms with E-state index in [0.29, 0.717) is 13.1 Å². The number of halogens is 1. The number of anilines is 1. The van der Waals surface area contributed by atoms with Crippen LogP contribution in [-0.2, 0) is 6.54 Å². The fraction of sp³-hybridized carbons (Fsp3) is 0.500. The first-order valence-corrected chi connectivity index (χ1v) is 9.43. The van der Waals surface area contributed by atoms with Gasteiger partial charge in [0, 0.05) is 38.8 Å². The molecule has 0 atom stereocenters. The third kappa shape index (κ3) is 4.47. The van der Waals surface area contributed by atoms with E-state index in [1.54, 1.807) is 0 Å². The molecule has 3 rings (SSSR count).